The molecule has 312 valence electrons. The van der Waals surface area contributed by atoms with E-state index in [0.717, 1.165) is 55.6 Å². The number of fused-ring (bicyclic) bond motifs is 6. The minimum absolute atomic E-state index is 0.0489. The molecule has 0 spiro atoms. The van der Waals surface area contributed by atoms with E-state index < -0.39 is 36.2 Å². The number of aliphatic carboxylic acids is 2. The first kappa shape index (κ1) is 40.2. The van der Waals surface area contributed by atoms with Crippen LogP contribution in [0.2, 0.25) is 0 Å². The van der Waals surface area contributed by atoms with E-state index in [1.54, 1.807) is 0 Å². The number of ether oxygens (including phenoxy) is 2. The van der Waals surface area contributed by atoms with Crippen LogP contribution in [0.25, 0.3) is 22.3 Å². The van der Waals surface area contributed by atoms with E-state index in [4.69, 9.17) is 9.47 Å². The lowest BCUT2D eigenvalue weighted by atomic mass is 9.92. The molecule has 4 atom stereocenters. The van der Waals surface area contributed by atoms with Crippen molar-refractivity contribution in [3.63, 3.8) is 0 Å². The van der Waals surface area contributed by atoms with E-state index in [1.165, 1.54) is 9.80 Å². The number of carboxylic acids is 2. The molecule has 0 saturated carbocycles. The van der Waals surface area contributed by atoms with Crippen LogP contribution in [0, 0.1) is 0 Å². The van der Waals surface area contributed by atoms with Gasteiger partial charge in [0.05, 0.1) is 0 Å². The van der Waals surface area contributed by atoms with Crippen LogP contribution in [0.4, 0.5) is 9.59 Å². The largest absolute Gasteiger partial charge is 0.480 e. The molecule has 0 aromatic heterocycles. The third kappa shape index (κ3) is 7.57. The summed E-state index contributed by atoms with van der Waals surface area (Å²) in [5.41, 5.74) is 11.0. The highest BCUT2D eigenvalue weighted by molar-refractivity contribution is 5.84. The molecule has 2 saturated heterocycles. The van der Waals surface area contributed by atoms with Gasteiger partial charge in [0.25, 0.3) is 0 Å². The number of carboxylic acid groups (broad SMARTS) is 2. The zero-order chi connectivity index (χ0) is 42.7. The second-order valence-corrected chi connectivity index (χ2v) is 16.2. The van der Waals surface area contributed by atoms with Crippen molar-refractivity contribution in [3.05, 3.63) is 191 Å². The summed E-state index contributed by atoms with van der Waals surface area (Å²) >= 11 is 0. The Morgan fingerprint density at radius 1 is 0.435 bits per heavy atom. The number of rotatable bonds is 8. The standard InChI is InChI=1S/2C26H23NO4/c2*28-25(29)24-18(17-8-2-1-3-9-17)14-15-27(24)26(30)31-16-23-21-12-6-4-10-19(21)20-11-5-7-13-22(20)23/h2*1-13,18,23-24H,14-16H2,(H,28,29)/t2*18-,24-/m10/s1. The molecule has 6 aromatic carbocycles. The Kier molecular flexibility index (Phi) is 11.3. The minimum Gasteiger partial charge on any atom is -0.480 e. The van der Waals surface area contributed by atoms with Crippen LogP contribution < -0.4 is 0 Å². The second-order valence-electron chi connectivity index (χ2n) is 16.2. The number of carbonyl (C=O) groups is 4. The SMILES string of the molecule is O=C(O)[C@@H]1[C@H](c2ccccc2)CCN1C(=O)OCC1c2ccccc2-c2ccccc21.O=C(O)[C@H]1[C@@H](c2ccccc2)CCN1C(=O)OCC1c2ccccc2-c2ccccc21. The number of hydrogen-bond donors (Lipinski definition) is 2. The van der Waals surface area contributed by atoms with Crippen LogP contribution in [-0.4, -0.2) is 82.5 Å². The fourth-order valence-corrected chi connectivity index (χ4v) is 10.1. The van der Waals surface area contributed by atoms with Gasteiger partial charge >= 0.3 is 24.1 Å². The molecule has 62 heavy (non-hydrogen) atoms. The molecule has 4 aliphatic rings. The summed E-state index contributed by atoms with van der Waals surface area (Å²) < 4.78 is 11.4. The van der Waals surface area contributed by atoms with Gasteiger partial charge in [-0.05, 0) is 68.5 Å². The zero-order valence-electron chi connectivity index (χ0n) is 34.0. The maximum atomic E-state index is 13.0. The Morgan fingerprint density at radius 3 is 1.03 bits per heavy atom. The van der Waals surface area contributed by atoms with Crippen molar-refractivity contribution < 1.29 is 38.9 Å². The van der Waals surface area contributed by atoms with Crippen molar-refractivity contribution in [2.45, 2.75) is 48.6 Å². The van der Waals surface area contributed by atoms with Crippen molar-refractivity contribution in [2.24, 2.45) is 0 Å². The van der Waals surface area contributed by atoms with Crippen molar-refractivity contribution in [1.29, 1.82) is 0 Å². The first-order valence-corrected chi connectivity index (χ1v) is 21.1. The van der Waals surface area contributed by atoms with Crippen LogP contribution >= 0.6 is 0 Å². The third-order valence-corrected chi connectivity index (χ3v) is 12.9. The minimum atomic E-state index is -1.00. The molecule has 0 radical (unpaired) electrons. The number of likely N-dealkylation sites (tertiary alicyclic amines) is 2. The van der Waals surface area contributed by atoms with Crippen LogP contribution in [-0.2, 0) is 19.1 Å². The molecule has 6 aromatic rings. The quantitative estimate of drug-likeness (QED) is 0.155. The molecule has 2 aliphatic heterocycles. The maximum absolute atomic E-state index is 13.0. The molecule has 2 N–H and O–H groups in total. The smallest absolute Gasteiger partial charge is 0.410 e. The molecule has 0 unspecified atom stereocenters. The van der Waals surface area contributed by atoms with Crippen LogP contribution in [0.3, 0.4) is 0 Å². The molecule has 10 nitrogen and oxygen atoms in total. The monoisotopic (exact) mass is 826 g/mol. The lowest BCUT2D eigenvalue weighted by Gasteiger charge is -2.25. The molecule has 0 bridgehead atoms. The van der Waals surface area contributed by atoms with Gasteiger partial charge < -0.3 is 19.7 Å². The Hall–Kier alpha value is -7.20. The Balaban J connectivity index is 0.000000158. The third-order valence-electron chi connectivity index (χ3n) is 12.9. The molecule has 2 aliphatic carbocycles. The summed E-state index contributed by atoms with van der Waals surface area (Å²) in [4.78, 5) is 52.7. The van der Waals surface area contributed by atoms with E-state index in [1.807, 2.05) is 109 Å². The lowest BCUT2D eigenvalue weighted by molar-refractivity contribution is -0.143. The normalized spacial score (nSPS) is 19.7. The van der Waals surface area contributed by atoms with Gasteiger partial charge in [0.15, 0.2) is 0 Å². The van der Waals surface area contributed by atoms with E-state index in [9.17, 15) is 29.4 Å². The molecule has 2 fully saturated rings. The topological polar surface area (TPSA) is 134 Å². The average Bonchev–Trinajstić information content (AvgIpc) is 4.10. The predicted octanol–water partition coefficient (Wildman–Crippen LogP) is 9.76. The van der Waals surface area contributed by atoms with Gasteiger partial charge in [-0.2, -0.15) is 0 Å². The summed E-state index contributed by atoms with van der Waals surface area (Å²) in [6.45, 7) is 1.11. The Labute approximate surface area is 360 Å². The number of nitrogens with zero attached hydrogens (tertiary/aromatic N) is 2. The number of carbonyl (C=O) groups excluding carboxylic acids is 2. The van der Waals surface area contributed by atoms with Gasteiger partial charge in [-0.15, -0.1) is 0 Å². The molecule has 10 heteroatoms. The van der Waals surface area contributed by atoms with Crippen molar-refractivity contribution in [2.75, 3.05) is 26.3 Å². The van der Waals surface area contributed by atoms with Crippen molar-refractivity contribution in [3.8, 4) is 22.3 Å². The second kappa shape index (κ2) is 17.4. The van der Waals surface area contributed by atoms with Gasteiger partial charge in [-0.25, -0.2) is 19.2 Å². The highest BCUT2D eigenvalue weighted by Gasteiger charge is 2.45. The first-order valence-electron chi connectivity index (χ1n) is 21.1. The highest BCUT2D eigenvalue weighted by atomic mass is 16.6. The molecule has 2 amide bonds. The van der Waals surface area contributed by atoms with Crippen molar-refractivity contribution >= 4 is 24.1 Å². The summed E-state index contributed by atoms with van der Waals surface area (Å²) in [7, 11) is 0. The average molecular weight is 827 g/mol. The summed E-state index contributed by atoms with van der Waals surface area (Å²) in [5, 5.41) is 19.7. The predicted molar refractivity (Wildman–Crippen MR) is 234 cm³/mol. The molecule has 10 rings (SSSR count). The van der Waals surface area contributed by atoms with E-state index in [-0.39, 0.29) is 36.9 Å². The fourth-order valence-electron chi connectivity index (χ4n) is 10.1. The highest BCUT2D eigenvalue weighted by Crippen LogP contribution is 2.46. The Bertz CT molecular complexity index is 2340. The van der Waals surface area contributed by atoms with Gasteiger partial charge in [0, 0.05) is 36.8 Å². The molecular formula is C52H46N2O8. The number of hydrogen-bond acceptors (Lipinski definition) is 6. The van der Waals surface area contributed by atoms with Crippen LogP contribution in [0.1, 0.15) is 69.9 Å². The number of amides is 2. The van der Waals surface area contributed by atoms with Gasteiger partial charge in [-0.3, -0.25) is 9.80 Å². The van der Waals surface area contributed by atoms with Gasteiger partial charge in [0.1, 0.15) is 25.3 Å². The summed E-state index contributed by atoms with van der Waals surface area (Å²) in [6, 6.07) is 49.8. The fraction of sp³-hybridized carbons (Fsp3) is 0.231. The zero-order valence-corrected chi connectivity index (χ0v) is 34.0. The summed E-state index contributed by atoms with van der Waals surface area (Å²) in [6.07, 6.45) is 0.0801. The Morgan fingerprint density at radius 2 is 0.726 bits per heavy atom. The number of benzene rings is 6. The maximum Gasteiger partial charge on any atom is 0.410 e. The van der Waals surface area contributed by atoms with E-state index in [0.29, 0.717) is 25.9 Å². The van der Waals surface area contributed by atoms with Crippen LogP contribution in [0.15, 0.2) is 158 Å². The molecular weight excluding hydrogens is 781 g/mol. The van der Waals surface area contributed by atoms with E-state index >= 15 is 0 Å². The van der Waals surface area contributed by atoms with Crippen LogP contribution in [0.5, 0.6) is 0 Å². The van der Waals surface area contributed by atoms with E-state index in [2.05, 4.69) is 48.5 Å². The summed E-state index contributed by atoms with van der Waals surface area (Å²) in [5.74, 6) is -2.57. The molecule has 2 heterocycles. The van der Waals surface area contributed by atoms with Gasteiger partial charge in [0.2, 0.25) is 0 Å². The van der Waals surface area contributed by atoms with Gasteiger partial charge in [-0.1, -0.05) is 158 Å². The van der Waals surface area contributed by atoms with Crippen molar-refractivity contribution in [1.82, 2.24) is 9.80 Å². The first-order chi connectivity index (χ1) is 30.3. The lowest BCUT2D eigenvalue weighted by Crippen LogP contribution is -2.43.